The SMILES string of the molecule is CCC1CN(C)CCCN1Cc1c(Br)c(C)nn1CC. The van der Waals surface area contributed by atoms with E-state index in [1.54, 1.807) is 0 Å². The maximum absolute atomic E-state index is 4.62. The Kier molecular flexibility index (Phi) is 5.64. The van der Waals surface area contributed by atoms with Gasteiger partial charge >= 0.3 is 0 Å². The van der Waals surface area contributed by atoms with Crippen LogP contribution in [0.1, 0.15) is 38.1 Å². The Balaban J connectivity index is 2.18. The van der Waals surface area contributed by atoms with E-state index in [1.807, 2.05) is 0 Å². The Labute approximate surface area is 131 Å². The van der Waals surface area contributed by atoms with Crippen molar-refractivity contribution in [1.82, 2.24) is 19.6 Å². The summed E-state index contributed by atoms with van der Waals surface area (Å²) in [4.78, 5) is 5.10. The number of aryl methyl sites for hydroxylation is 2. The predicted molar refractivity (Wildman–Crippen MR) is 86.9 cm³/mol. The van der Waals surface area contributed by atoms with E-state index in [2.05, 4.69) is 63.3 Å². The van der Waals surface area contributed by atoms with Crippen LogP contribution in [0.3, 0.4) is 0 Å². The fourth-order valence-electron chi connectivity index (χ4n) is 3.10. The lowest BCUT2D eigenvalue weighted by Gasteiger charge is -2.30. The smallest absolute Gasteiger partial charge is 0.0739 e. The van der Waals surface area contributed by atoms with Gasteiger partial charge in [-0.1, -0.05) is 6.92 Å². The van der Waals surface area contributed by atoms with Crippen LogP contribution in [0.2, 0.25) is 0 Å². The summed E-state index contributed by atoms with van der Waals surface area (Å²) in [5.41, 5.74) is 2.43. The molecule has 4 nitrogen and oxygen atoms in total. The standard InChI is InChI=1S/C15H27BrN4/c1-5-13-10-18(4)8-7-9-19(13)11-14-15(16)12(3)17-20(14)6-2/h13H,5-11H2,1-4H3. The Bertz CT molecular complexity index is 443. The van der Waals surface area contributed by atoms with Crippen molar-refractivity contribution in [3.05, 3.63) is 15.9 Å². The monoisotopic (exact) mass is 342 g/mol. The van der Waals surface area contributed by atoms with Crippen LogP contribution in [0.25, 0.3) is 0 Å². The molecule has 1 aromatic rings. The first-order valence-corrected chi connectivity index (χ1v) is 8.50. The number of hydrogen-bond donors (Lipinski definition) is 0. The van der Waals surface area contributed by atoms with E-state index in [0.717, 1.165) is 18.8 Å². The molecular weight excluding hydrogens is 316 g/mol. The van der Waals surface area contributed by atoms with Crippen molar-refractivity contribution >= 4 is 15.9 Å². The molecule has 1 unspecified atom stereocenters. The number of aromatic nitrogens is 2. The Morgan fingerprint density at radius 2 is 2.05 bits per heavy atom. The molecule has 0 aromatic carbocycles. The molecular formula is C15H27BrN4. The van der Waals surface area contributed by atoms with Gasteiger partial charge in [0.15, 0.2) is 0 Å². The van der Waals surface area contributed by atoms with Gasteiger partial charge in [-0.3, -0.25) is 9.58 Å². The molecule has 1 atom stereocenters. The predicted octanol–water partition coefficient (Wildman–Crippen LogP) is 2.89. The van der Waals surface area contributed by atoms with Gasteiger partial charge in [-0.25, -0.2) is 0 Å². The van der Waals surface area contributed by atoms with Crippen LogP contribution in [0.15, 0.2) is 4.47 Å². The summed E-state index contributed by atoms with van der Waals surface area (Å²) in [5, 5.41) is 4.62. The average Bonchev–Trinajstić information content (AvgIpc) is 2.61. The van der Waals surface area contributed by atoms with E-state index in [1.165, 1.54) is 42.6 Å². The van der Waals surface area contributed by atoms with E-state index >= 15 is 0 Å². The maximum Gasteiger partial charge on any atom is 0.0739 e. The number of nitrogens with zero attached hydrogens (tertiary/aromatic N) is 4. The second-order valence-electron chi connectivity index (χ2n) is 5.81. The highest BCUT2D eigenvalue weighted by Gasteiger charge is 2.24. The van der Waals surface area contributed by atoms with Crippen molar-refractivity contribution in [2.24, 2.45) is 0 Å². The molecule has 20 heavy (non-hydrogen) atoms. The lowest BCUT2D eigenvalue weighted by atomic mass is 10.1. The lowest BCUT2D eigenvalue weighted by Crippen LogP contribution is -2.39. The number of rotatable bonds is 4. The number of hydrogen-bond acceptors (Lipinski definition) is 3. The minimum atomic E-state index is 0.648. The molecule has 5 heteroatoms. The zero-order valence-electron chi connectivity index (χ0n) is 13.2. The quantitative estimate of drug-likeness (QED) is 0.840. The zero-order valence-corrected chi connectivity index (χ0v) is 14.8. The second kappa shape index (κ2) is 7.05. The summed E-state index contributed by atoms with van der Waals surface area (Å²) >= 11 is 3.72. The number of halogens is 1. The summed E-state index contributed by atoms with van der Waals surface area (Å²) in [7, 11) is 2.24. The number of likely N-dealkylation sites (N-methyl/N-ethyl adjacent to an activating group) is 1. The van der Waals surface area contributed by atoms with Crippen LogP contribution in [-0.2, 0) is 13.1 Å². The van der Waals surface area contributed by atoms with E-state index in [0.29, 0.717) is 6.04 Å². The minimum absolute atomic E-state index is 0.648. The minimum Gasteiger partial charge on any atom is -0.305 e. The highest BCUT2D eigenvalue weighted by atomic mass is 79.9. The largest absolute Gasteiger partial charge is 0.305 e. The van der Waals surface area contributed by atoms with Crippen LogP contribution >= 0.6 is 15.9 Å². The van der Waals surface area contributed by atoms with Gasteiger partial charge in [-0.15, -0.1) is 0 Å². The summed E-state index contributed by atoms with van der Waals surface area (Å²) in [6.45, 7) is 12.0. The van der Waals surface area contributed by atoms with Gasteiger partial charge in [-0.2, -0.15) is 5.10 Å². The zero-order chi connectivity index (χ0) is 14.7. The van der Waals surface area contributed by atoms with Crippen molar-refractivity contribution in [2.75, 3.05) is 26.7 Å². The molecule has 0 saturated carbocycles. The van der Waals surface area contributed by atoms with E-state index in [-0.39, 0.29) is 0 Å². The fraction of sp³-hybridized carbons (Fsp3) is 0.800. The summed E-state index contributed by atoms with van der Waals surface area (Å²) in [5.74, 6) is 0. The molecule has 1 saturated heterocycles. The van der Waals surface area contributed by atoms with Crippen molar-refractivity contribution < 1.29 is 0 Å². The van der Waals surface area contributed by atoms with Gasteiger partial charge < -0.3 is 4.90 Å². The molecule has 0 radical (unpaired) electrons. The van der Waals surface area contributed by atoms with Crippen molar-refractivity contribution in [2.45, 2.75) is 52.7 Å². The Hall–Kier alpha value is -0.390. The van der Waals surface area contributed by atoms with E-state index in [9.17, 15) is 0 Å². The third-order valence-corrected chi connectivity index (χ3v) is 5.33. The maximum atomic E-state index is 4.62. The van der Waals surface area contributed by atoms with Gasteiger partial charge in [-0.05, 0) is 56.2 Å². The Morgan fingerprint density at radius 3 is 2.70 bits per heavy atom. The summed E-state index contributed by atoms with van der Waals surface area (Å²) in [6, 6.07) is 0.648. The third-order valence-electron chi connectivity index (χ3n) is 4.30. The van der Waals surface area contributed by atoms with Gasteiger partial charge in [0.2, 0.25) is 0 Å². The van der Waals surface area contributed by atoms with E-state index < -0.39 is 0 Å². The molecule has 0 bridgehead atoms. The summed E-state index contributed by atoms with van der Waals surface area (Å²) in [6.07, 6.45) is 2.46. The van der Waals surface area contributed by atoms with Gasteiger partial charge in [0, 0.05) is 32.2 Å². The van der Waals surface area contributed by atoms with Gasteiger partial charge in [0.05, 0.1) is 15.9 Å². The molecule has 2 rings (SSSR count). The molecule has 0 spiro atoms. The van der Waals surface area contributed by atoms with Crippen LogP contribution in [0.4, 0.5) is 0 Å². The Morgan fingerprint density at radius 1 is 1.30 bits per heavy atom. The van der Waals surface area contributed by atoms with Crippen LogP contribution in [-0.4, -0.2) is 52.3 Å². The first-order chi connectivity index (χ1) is 9.56. The molecule has 1 aliphatic heterocycles. The molecule has 114 valence electrons. The molecule has 2 heterocycles. The fourth-order valence-corrected chi connectivity index (χ4v) is 3.51. The normalized spacial score (nSPS) is 22.1. The van der Waals surface area contributed by atoms with Crippen molar-refractivity contribution in [3.63, 3.8) is 0 Å². The first-order valence-electron chi connectivity index (χ1n) is 7.71. The van der Waals surface area contributed by atoms with Crippen molar-refractivity contribution in [3.8, 4) is 0 Å². The third kappa shape index (κ3) is 3.43. The molecule has 0 aliphatic carbocycles. The topological polar surface area (TPSA) is 24.3 Å². The second-order valence-corrected chi connectivity index (χ2v) is 6.60. The first kappa shape index (κ1) is 16.0. The molecule has 0 N–H and O–H groups in total. The summed E-state index contributed by atoms with van der Waals surface area (Å²) < 4.78 is 3.33. The van der Waals surface area contributed by atoms with Gasteiger partial charge in [0.1, 0.15) is 0 Å². The van der Waals surface area contributed by atoms with E-state index in [4.69, 9.17) is 0 Å². The molecule has 1 aliphatic rings. The van der Waals surface area contributed by atoms with Crippen molar-refractivity contribution in [1.29, 1.82) is 0 Å². The van der Waals surface area contributed by atoms with Crippen LogP contribution in [0.5, 0.6) is 0 Å². The lowest BCUT2D eigenvalue weighted by molar-refractivity contribution is 0.171. The average molecular weight is 343 g/mol. The highest BCUT2D eigenvalue weighted by molar-refractivity contribution is 9.10. The highest BCUT2D eigenvalue weighted by Crippen LogP contribution is 2.24. The molecule has 1 aromatic heterocycles. The molecule has 0 amide bonds. The molecule has 1 fully saturated rings. The van der Waals surface area contributed by atoms with Crippen LogP contribution < -0.4 is 0 Å². The van der Waals surface area contributed by atoms with Crippen LogP contribution in [0, 0.1) is 6.92 Å². The van der Waals surface area contributed by atoms with Gasteiger partial charge in [0.25, 0.3) is 0 Å².